The molecule has 0 atom stereocenters. The summed E-state index contributed by atoms with van der Waals surface area (Å²) in [7, 11) is 0. The summed E-state index contributed by atoms with van der Waals surface area (Å²) < 4.78 is 0. The van der Waals surface area contributed by atoms with Crippen LogP contribution in [0, 0.1) is 0 Å². The third-order valence-electron chi connectivity index (χ3n) is 1.28. The Hall–Kier alpha value is -1.84. The van der Waals surface area contributed by atoms with E-state index in [-0.39, 0.29) is 0 Å². The highest BCUT2D eigenvalue weighted by atomic mass is 14.7. The molecule has 0 radical (unpaired) electrons. The molecule has 0 aromatic rings. The van der Waals surface area contributed by atoms with Crippen LogP contribution in [0.25, 0.3) is 0 Å². The third-order valence-corrected chi connectivity index (χ3v) is 1.28. The van der Waals surface area contributed by atoms with Gasteiger partial charge in [0, 0.05) is 5.70 Å². The van der Waals surface area contributed by atoms with Gasteiger partial charge in [0.15, 0.2) is 0 Å². The summed E-state index contributed by atoms with van der Waals surface area (Å²) in [6.45, 7) is 17.9. The van der Waals surface area contributed by atoms with Gasteiger partial charge in [-0.15, -0.1) is 0 Å². The van der Waals surface area contributed by atoms with Gasteiger partial charge in [0.05, 0.1) is 5.70 Å². The Bertz CT molecular complexity index is 255. The summed E-state index contributed by atoms with van der Waals surface area (Å²) in [6.07, 6.45) is 3.19. The molecule has 0 aromatic heterocycles. The van der Waals surface area contributed by atoms with Crippen molar-refractivity contribution in [2.75, 3.05) is 0 Å². The highest BCUT2D eigenvalue weighted by molar-refractivity contribution is 5.28. The van der Waals surface area contributed by atoms with Gasteiger partial charge in [-0.05, 0) is 45.2 Å². The van der Waals surface area contributed by atoms with Crippen molar-refractivity contribution < 1.29 is 0 Å². The van der Waals surface area contributed by atoms with E-state index in [0.29, 0.717) is 17.1 Å². The van der Waals surface area contributed by atoms with Crippen LogP contribution in [0.15, 0.2) is 48.1 Å². The second kappa shape index (κ2) is 20.6. The highest BCUT2D eigenvalue weighted by Crippen LogP contribution is 2.03. The zero-order valence-electron chi connectivity index (χ0n) is 12.9. The third kappa shape index (κ3) is 36.8. The molecule has 0 saturated heterocycles. The topological polar surface area (TPSA) is 104 Å². The highest BCUT2D eigenvalue weighted by Gasteiger charge is 1.92. The summed E-state index contributed by atoms with van der Waals surface area (Å²) in [5, 5.41) is 0. The van der Waals surface area contributed by atoms with Gasteiger partial charge in [-0.3, -0.25) is 0 Å². The van der Waals surface area contributed by atoms with Crippen molar-refractivity contribution in [2.45, 2.75) is 41.5 Å². The number of allylic oxidation sites excluding steroid dienone is 4. The molecular weight excluding hydrogens is 224 g/mol. The van der Waals surface area contributed by atoms with E-state index in [1.54, 1.807) is 13.8 Å². The number of hydrogen-bond acceptors (Lipinski definition) is 4. The average Bonchev–Trinajstić information content (AvgIpc) is 2.30. The van der Waals surface area contributed by atoms with E-state index in [2.05, 4.69) is 18.9 Å². The van der Waals surface area contributed by atoms with Crippen molar-refractivity contribution in [3.05, 3.63) is 48.1 Å². The minimum absolute atomic E-state index is 0.667. The first-order valence-corrected chi connectivity index (χ1v) is 5.83. The molecular formula is C14H32N4. The Morgan fingerprint density at radius 3 is 1.28 bits per heavy atom. The molecule has 8 N–H and O–H groups in total. The van der Waals surface area contributed by atoms with Crippen molar-refractivity contribution in [2.24, 2.45) is 22.9 Å². The zero-order chi connectivity index (χ0) is 15.7. The Morgan fingerprint density at radius 2 is 1.22 bits per heavy atom. The first-order valence-electron chi connectivity index (χ1n) is 5.83. The molecule has 4 nitrogen and oxygen atoms in total. The molecule has 0 bridgehead atoms. The SMILES string of the molecule is C/C=C(C)/C(N)=C(/C)N.C=C(C)N.C=CN.CC. The van der Waals surface area contributed by atoms with Crippen LogP contribution in [-0.4, -0.2) is 0 Å². The van der Waals surface area contributed by atoms with Gasteiger partial charge in [-0.25, -0.2) is 0 Å². The van der Waals surface area contributed by atoms with Gasteiger partial charge in [0.2, 0.25) is 0 Å². The standard InChI is InChI=1S/C7H14N2.C3H7N.C2H5N.C2H6/c1-4-5(2)7(9)6(3)8;1-3(2)4;1-2-3;1-2/h4H,8-9H2,1-3H3;1,4H2,2H3;2H,1,3H2;1-2H3/b5-4+,7-6+;;;. The average molecular weight is 256 g/mol. The van der Waals surface area contributed by atoms with E-state index in [1.165, 1.54) is 6.20 Å². The van der Waals surface area contributed by atoms with Crippen LogP contribution in [0.2, 0.25) is 0 Å². The number of rotatable bonds is 1. The zero-order valence-corrected chi connectivity index (χ0v) is 12.9. The lowest BCUT2D eigenvalue weighted by Crippen LogP contribution is -2.07. The largest absolute Gasteiger partial charge is 0.405 e. The van der Waals surface area contributed by atoms with Gasteiger partial charge in [-0.2, -0.15) is 0 Å². The van der Waals surface area contributed by atoms with Crippen LogP contribution in [-0.2, 0) is 0 Å². The van der Waals surface area contributed by atoms with Crippen LogP contribution in [0.5, 0.6) is 0 Å². The smallest absolute Gasteiger partial charge is 0.0528 e. The van der Waals surface area contributed by atoms with Crippen LogP contribution in [0.3, 0.4) is 0 Å². The lowest BCUT2D eigenvalue weighted by atomic mass is 10.2. The van der Waals surface area contributed by atoms with E-state index in [1.807, 2.05) is 33.8 Å². The fourth-order valence-electron chi connectivity index (χ4n) is 0.467. The van der Waals surface area contributed by atoms with Gasteiger partial charge in [0.1, 0.15) is 0 Å². The molecule has 0 spiro atoms. The molecule has 0 amide bonds. The van der Waals surface area contributed by atoms with E-state index in [0.717, 1.165) is 5.57 Å². The molecule has 108 valence electrons. The summed E-state index contributed by atoms with van der Waals surface area (Å²) in [5.74, 6) is 0. The van der Waals surface area contributed by atoms with Gasteiger partial charge >= 0.3 is 0 Å². The molecule has 0 saturated carbocycles. The molecule has 4 heteroatoms. The first-order chi connectivity index (χ1) is 8.24. The monoisotopic (exact) mass is 256 g/mol. The van der Waals surface area contributed by atoms with Crippen LogP contribution >= 0.6 is 0 Å². The Morgan fingerprint density at radius 1 is 1.00 bits per heavy atom. The predicted molar refractivity (Wildman–Crippen MR) is 85.2 cm³/mol. The van der Waals surface area contributed by atoms with Gasteiger partial charge in [-0.1, -0.05) is 33.1 Å². The quantitative estimate of drug-likeness (QED) is 0.541. The fourth-order valence-corrected chi connectivity index (χ4v) is 0.467. The Balaban J connectivity index is -0.0000000909. The molecule has 0 fully saturated rings. The molecule has 0 aliphatic rings. The van der Waals surface area contributed by atoms with E-state index >= 15 is 0 Å². The lowest BCUT2D eigenvalue weighted by molar-refractivity contribution is 1.15. The normalized spacial score (nSPS) is 10.0. The maximum absolute atomic E-state index is 5.56. The molecule has 18 heavy (non-hydrogen) atoms. The van der Waals surface area contributed by atoms with Crippen molar-refractivity contribution in [3.8, 4) is 0 Å². The molecule has 0 rings (SSSR count). The van der Waals surface area contributed by atoms with Crippen LogP contribution in [0.4, 0.5) is 0 Å². The minimum atomic E-state index is 0.667. The first kappa shape index (κ1) is 25.1. The van der Waals surface area contributed by atoms with E-state index < -0.39 is 0 Å². The Kier molecular flexibility index (Phi) is 28.7. The van der Waals surface area contributed by atoms with Crippen molar-refractivity contribution in [3.63, 3.8) is 0 Å². The molecule has 0 aliphatic heterocycles. The second-order valence-electron chi connectivity index (χ2n) is 3.15. The minimum Gasteiger partial charge on any atom is -0.405 e. The molecule has 0 aromatic carbocycles. The van der Waals surface area contributed by atoms with Gasteiger partial charge < -0.3 is 22.9 Å². The van der Waals surface area contributed by atoms with Gasteiger partial charge in [0.25, 0.3) is 0 Å². The molecule has 0 heterocycles. The molecule has 0 aliphatic carbocycles. The lowest BCUT2D eigenvalue weighted by Gasteiger charge is -2.01. The van der Waals surface area contributed by atoms with Crippen LogP contribution in [0.1, 0.15) is 41.5 Å². The Labute approximate surface area is 113 Å². The second-order valence-corrected chi connectivity index (χ2v) is 3.15. The maximum Gasteiger partial charge on any atom is 0.0528 e. The number of hydrogen-bond donors (Lipinski definition) is 4. The predicted octanol–water partition coefficient (Wildman–Crippen LogP) is 2.70. The maximum atomic E-state index is 5.56. The molecule has 0 unspecified atom stereocenters. The van der Waals surface area contributed by atoms with Crippen molar-refractivity contribution >= 4 is 0 Å². The van der Waals surface area contributed by atoms with E-state index in [9.17, 15) is 0 Å². The summed E-state index contributed by atoms with van der Waals surface area (Å²) in [6, 6.07) is 0. The summed E-state index contributed by atoms with van der Waals surface area (Å²) >= 11 is 0. The van der Waals surface area contributed by atoms with Crippen molar-refractivity contribution in [1.29, 1.82) is 0 Å². The fraction of sp³-hybridized carbons (Fsp3) is 0.429. The summed E-state index contributed by atoms with van der Waals surface area (Å²) in [4.78, 5) is 0. The number of nitrogens with two attached hydrogens (primary N) is 4. The van der Waals surface area contributed by atoms with Crippen LogP contribution < -0.4 is 22.9 Å². The van der Waals surface area contributed by atoms with Crippen molar-refractivity contribution in [1.82, 2.24) is 0 Å². The summed E-state index contributed by atoms with van der Waals surface area (Å²) in [5.41, 5.74) is 23.6. The van der Waals surface area contributed by atoms with E-state index in [4.69, 9.17) is 17.2 Å².